The highest BCUT2D eigenvalue weighted by Crippen LogP contribution is 2.37. The summed E-state index contributed by atoms with van der Waals surface area (Å²) in [5.41, 5.74) is 7.34. The number of aliphatic hydroxyl groups is 1. The Balaban J connectivity index is 2.14. The van der Waals surface area contributed by atoms with Crippen LogP contribution in [0.1, 0.15) is 30.9 Å². The van der Waals surface area contributed by atoms with Gasteiger partial charge < -0.3 is 10.8 Å². The molecule has 1 aromatic carbocycles. The van der Waals surface area contributed by atoms with Gasteiger partial charge >= 0.3 is 0 Å². The number of hydrogen-bond donors (Lipinski definition) is 2. The third-order valence-corrected chi connectivity index (χ3v) is 2.85. The second-order valence-electron chi connectivity index (χ2n) is 3.81. The van der Waals surface area contributed by atoms with Crippen LogP contribution in [0, 0.1) is 5.92 Å². The summed E-state index contributed by atoms with van der Waals surface area (Å²) in [4.78, 5) is 0. The Bertz CT molecular complexity index is 294. The fourth-order valence-electron chi connectivity index (χ4n) is 1.77. The normalized spacial score (nSPS) is 19.5. The van der Waals surface area contributed by atoms with Crippen molar-refractivity contribution in [2.75, 3.05) is 5.73 Å². The maximum absolute atomic E-state index is 9.91. The number of nitrogen functional groups attached to an aromatic ring is 1. The maximum Gasteiger partial charge on any atom is 0.0818 e. The van der Waals surface area contributed by atoms with Gasteiger partial charge in [-0.15, -0.1) is 0 Å². The van der Waals surface area contributed by atoms with Gasteiger partial charge in [-0.05, 0) is 36.5 Å². The van der Waals surface area contributed by atoms with Crippen LogP contribution in [0.2, 0.25) is 0 Å². The van der Waals surface area contributed by atoms with Gasteiger partial charge in [0.2, 0.25) is 0 Å². The summed E-state index contributed by atoms with van der Waals surface area (Å²) in [5, 5.41) is 9.91. The van der Waals surface area contributed by atoms with Crippen molar-refractivity contribution in [2.24, 2.45) is 5.92 Å². The molecule has 0 bridgehead atoms. The van der Waals surface area contributed by atoms with Gasteiger partial charge in [0.15, 0.2) is 0 Å². The van der Waals surface area contributed by atoms with E-state index in [1.54, 1.807) is 0 Å². The second-order valence-corrected chi connectivity index (χ2v) is 3.81. The third kappa shape index (κ3) is 1.68. The molecule has 1 atom stereocenters. The van der Waals surface area contributed by atoms with Gasteiger partial charge in [0.25, 0.3) is 0 Å². The minimum atomic E-state index is -0.308. The molecular weight excluding hydrogens is 162 g/mol. The molecule has 0 aliphatic heterocycles. The first-order chi connectivity index (χ1) is 6.27. The SMILES string of the molecule is Nc1cccc(C(O)C2CCC2)c1. The summed E-state index contributed by atoms with van der Waals surface area (Å²) < 4.78 is 0. The molecule has 70 valence electrons. The van der Waals surface area contributed by atoms with Crippen molar-refractivity contribution >= 4 is 5.69 Å². The average molecular weight is 177 g/mol. The summed E-state index contributed by atoms with van der Waals surface area (Å²) in [6, 6.07) is 7.55. The van der Waals surface area contributed by atoms with E-state index in [1.165, 1.54) is 6.42 Å². The molecule has 0 heterocycles. The Hall–Kier alpha value is -1.02. The van der Waals surface area contributed by atoms with Crippen LogP contribution >= 0.6 is 0 Å². The summed E-state index contributed by atoms with van der Waals surface area (Å²) in [6.07, 6.45) is 3.24. The van der Waals surface area contributed by atoms with Crippen LogP contribution in [-0.4, -0.2) is 5.11 Å². The van der Waals surface area contributed by atoms with Crippen LogP contribution in [0.25, 0.3) is 0 Å². The lowest BCUT2D eigenvalue weighted by atomic mass is 9.79. The minimum absolute atomic E-state index is 0.308. The quantitative estimate of drug-likeness (QED) is 0.679. The van der Waals surface area contributed by atoms with E-state index in [9.17, 15) is 5.11 Å². The largest absolute Gasteiger partial charge is 0.399 e. The molecular formula is C11H15NO. The molecule has 1 fully saturated rings. The maximum atomic E-state index is 9.91. The lowest BCUT2D eigenvalue weighted by Crippen LogP contribution is -2.19. The van der Waals surface area contributed by atoms with Crippen LogP contribution in [-0.2, 0) is 0 Å². The lowest BCUT2D eigenvalue weighted by Gasteiger charge is -2.30. The summed E-state index contributed by atoms with van der Waals surface area (Å²) in [6.45, 7) is 0. The molecule has 0 spiro atoms. The first-order valence-electron chi connectivity index (χ1n) is 4.81. The Morgan fingerprint density at radius 2 is 2.15 bits per heavy atom. The fraction of sp³-hybridized carbons (Fsp3) is 0.455. The standard InChI is InChI=1S/C11H15NO/c12-10-6-2-5-9(7-10)11(13)8-3-1-4-8/h2,5-8,11,13H,1,3-4,12H2. The molecule has 1 aromatic rings. The van der Waals surface area contributed by atoms with Crippen LogP contribution in [0.15, 0.2) is 24.3 Å². The van der Waals surface area contributed by atoms with Gasteiger partial charge in [0.05, 0.1) is 6.10 Å². The average Bonchev–Trinajstić information content (AvgIpc) is 2.01. The zero-order valence-electron chi connectivity index (χ0n) is 7.61. The molecule has 2 rings (SSSR count). The Morgan fingerprint density at radius 1 is 1.38 bits per heavy atom. The molecule has 0 saturated heterocycles. The highest BCUT2D eigenvalue weighted by molar-refractivity contribution is 5.41. The second kappa shape index (κ2) is 3.38. The van der Waals surface area contributed by atoms with E-state index < -0.39 is 0 Å². The van der Waals surface area contributed by atoms with Crippen molar-refractivity contribution in [3.8, 4) is 0 Å². The molecule has 1 aliphatic carbocycles. The predicted molar refractivity (Wildman–Crippen MR) is 53.2 cm³/mol. The van der Waals surface area contributed by atoms with E-state index in [-0.39, 0.29) is 6.10 Å². The fourth-order valence-corrected chi connectivity index (χ4v) is 1.77. The van der Waals surface area contributed by atoms with E-state index in [2.05, 4.69) is 0 Å². The van der Waals surface area contributed by atoms with E-state index in [0.717, 1.165) is 24.1 Å². The van der Waals surface area contributed by atoms with E-state index in [4.69, 9.17) is 5.73 Å². The van der Waals surface area contributed by atoms with Crippen molar-refractivity contribution in [3.05, 3.63) is 29.8 Å². The van der Waals surface area contributed by atoms with Crippen LogP contribution in [0.3, 0.4) is 0 Å². The molecule has 0 aromatic heterocycles. The molecule has 0 amide bonds. The van der Waals surface area contributed by atoms with Crippen LogP contribution < -0.4 is 5.73 Å². The Kier molecular flexibility index (Phi) is 2.23. The van der Waals surface area contributed by atoms with Gasteiger partial charge in [-0.1, -0.05) is 18.6 Å². The molecule has 2 nitrogen and oxygen atoms in total. The van der Waals surface area contributed by atoms with Crippen molar-refractivity contribution in [3.63, 3.8) is 0 Å². The number of anilines is 1. The summed E-state index contributed by atoms with van der Waals surface area (Å²) in [7, 11) is 0. The lowest BCUT2D eigenvalue weighted by molar-refractivity contribution is 0.0621. The summed E-state index contributed by atoms with van der Waals surface area (Å²) >= 11 is 0. The van der Waals surface area contributed by atoms with E-state index in [1.807, 2.05) is 24.3 Å². The molecule has 13 heavy (non-hydrogen) atoms. The third-order valence-electron chi connectivity index (χ3n) is 2.85. The van der Waals surface area contributed by atoms with E-state index in [0.29, 0.717) is 5.92 Å². The number of rotatable bonds is 2. The molecule has 1 aliphatic rings. The molecule has 3 N–H and O–H groups in total. The predicted octanol–water partition coefficient (Wildman–Crippen LogP) is 2.10. The van der Waals surface area contributed by atoms with Gasteiger partial charge in [0, 0.05) is 5.69 Å². The first-order valence-corrected chi connectivity index (χ1v) is 4.81. The van der Waals surface area contributed by atoms with Gasteiger partial charge in [0.1, 0.15) is 0 Å². The Labute approximate surface area is 78.4 Å². The van der Waals surface area contributed by atoms with E-state index >= 15 is 0 Å². The van der Waals surface area contributed by atoms with Crippen LogP contribution in [0.5, 0.6) is 0 Å². The Morgan fingerprint density at radius 3 is 2.69 bits per heavy atom. The molecule has 1 unspecified atom stereocenters. The minimum Gasteiger partial charge on any atom is -0.399 e. The van der Waals surface area contributed by atoms with Gasteiger partial charge in [-0.3, -0.25) is 0 Å². The van der Waals surface area contributed by atoms with Gasteiger partial charge in [-0.25, -0.2) is 0 Å². The molecule has 2 heteroatoms. The zero-order valence-corrected chi connectivity index (χ0v) is 7.61. The van der Waals surface area contributed by atoms with Crippen molar-refractivity contribution in [2.45, 2.75) is 25.4 Å². The highest BCUT2D eigenvalue weighted by Gasteiger charge is 2.26. The topological polar surface area (TPSA) is 46.2 Å². The summed E-state index contributed by atoms with van der Waals surface area (Å²) in [5.74, 6) is 0.460. The molecule has 0 radical (unpaired) electrons. The monoisotopic (exact) mass is 177 g/mol. The molecule has 1 saturated carbocycles. The van der Waals surface area contributed by atoms with Gasteiger partial charge in [-0.2, -0.15) is 0 Å². The smallest absolute Gasteiger partial charge is 0.0818 e. The first kappa shape index (κ1) is 8.57. The van der Waals surface area contributed by atoms with Crippen molar-refractivity contribution in [1.82, 2.24) is 0 Å². The zero-order chi connectivity index (χ0) is 9.26. The number of hydrogen-bond acceptors (Lipinski definition) is 2. The number of benzene rings is 1. The van der Waals surface area contributed by atoms with Crippen molar-refractivity contribution < 1.29 is 5.11 Å². The highest BCUT2D eigenvalue weighted by atomic mass is 16.3. The number of nitrogens with two attached hydrogens (primary N) is 1. The van der Waals surface area contributed by atoms with Crippen molar-refractivity contribution in [1.29, 1.82) is 0 Å². The van der Waals surface area contributed by atoms with Crippen LogP contribution in [0.4, 0.5) is 5.69 Å². The number of aliphatic hydroxyl groups excluding tert-OH is 1.